The smallest absolute Gasteiger partial charge is 0.323 e. The zero-order valence-corrected chi connectivity index (χ0v) is 13.1. The minimum absolute atomic E-state index is 0.0753. The monoisotopic (exact) mass is 306 g/mol. The molecular weight excluding hydrogens is 284 g/mol. The van der Waals surface area contributed by atoms with Crippen LogP contribution in [0.15, 0.2) is 0 Å². The van der Waals surface area contributed by atoms with Crippen molar-refractivity contribution in [2.75, 3.05) is 24.6 Å². The summed E-state index contributed by atoms with van der Waals surface area (Å²) in [6, 6.07) is -0.873. The first-order chi connectivity index (χ1) is 8.94. The van der Waals surface area contributed by atoms with Crippen LogP contribution in [0.2, 0.25) is 0 Å². The number of urea groups is 1. The lowest BCUT2D eigenvalue weighted by molar-refractivity contribution is -0.138. The van der Waals surface area contributed by atoms with Gasteiger partial charge in [-0.3, -0.25) is 4.79 Å². The van der Waals surface area contributed by atoms with E-state index in [4.69, 9.17) is 5.11 Å². The highest BCUT2D eigenvalue weighted by Crippen LogP contribution is 2.20. The molecule has 1 unspecified atom stereocenters. The number of hydrogen-bond donors (Lipinski definition) is 1. The molecule has 2 amide bonds. The Labute approximate surface area is 119 Å². The number of hydrogen-bond acceptors (Lipinski definition) is 4. The van der Waals surface area contributed by atoms with Crippen LogP contribution in [-0.4, -0.2) is 71.5 Å². The molecule has 0 spiro atoms. The summed E-state index contributed by atoms with van der Waals surface area (Å²) >= 11 is 0. The molecule has 7 nitrogen and oxygen atoms in total. The number of rotatable bonds is 2. The number of carboxylic acid groups (broad SMARTS) is 1. The fourth-order valence-electron chi connectivity index (χ4n) is 2.16. The molecule has 0 aromatic rings. The highest BCUT2D eigenvalue weighted by molar-refractivity contribution is 7.91. The highest BCUT2D eigenvalue weighted by atomic mass is 32.2. The van der Waals surface area contributed by atoms with Gasteiger partial charge in [-0.25, -0.2) is 13.2 Å². The van der Waals surface area contributed by atoms with Crippen LogP contribution in [0.4, 0.5) is 4.79 Å². The molecule has 0 radical (unpaired) electrons. The number of sulfone groups is 1. The van der Waals surface area contributed by atoms with E-state index < -0.39 is 40.0 Å². The predicted octanol–water partition coefficient (Wildman–Crippen LogP) is 0.410. The number of nitrogens with zero attached hydrogens (tertiary/aromatic N) is 2. The largest absolute Gasteiger partial charge is 0.480 e. The second-order valence-electron chi connectivity index (χ2n) is 6.09. The maximum absolute atomic E-state index is 12.5. The number of carboxylic acids is 1. The van der Waals surface area contributed by atoms with Crippen LogP contribution in [0.5, 0.6) is 0 Å². The minimum atomic E-state index is -3.11. The van der Waals surface area contributed by atoms with Gasteiger partial charge >= 0.3 is 12.0 Å². The summed E-state index contributed by atoms with van der Waals surface area (Å²) in [4.78, 5) is 26.1. The molecule has 116 valence electrons. The highest BCUT2D eigenvalue weighted by Gasteiger charge is 2.37. The topological polar surface area (TPSA) is 95.0 Å². The van der Waals surface area contributed by atoms with E-state index in [1.807, 2.05) is 0 Å². The standard InChI is InChI=1S/C12H22N2O5S/c1-9-8-20(18,19)6-5-13(9)11(17)14(7-10(15)16)12(2,3)4/h9H,5-8H2,1-4H3,(H,15,16). The lowest BCUT2D eigenvalue weighted by Crippen LogP contribution is -2.59. The number of amides is 2. The van der Waals surface area contributed by atoms with E-state index >= 15 is 0 Å². The van der Waals surface area contributed by atoms with E-state index in [2.05, 4.69) is 0 Å². The molecule has 1 rings (SSSR count). The van der Waals surface area contributed by atoms with E-state index in [-0.39, 0.29) is 18.1 Å². The first-order valence-electron chi connectivity index (χ1n) is 6.44. The van der Waals surface area contributed by atoms with Crippen LogP contribution >= 0.6 is 0 Å². The molecule has 1 N–H and O–H groups in total. The lowest BCUT2D eigenvalue weighted by Gasteiger charge is -2.41. The Morgan fingerprint density at radius 1 is 1.35 bits per heavy atom. The van der Waals surface area contributed by atoms with Gasteiger partial charge in [-0.15, -0.1) is 0 Å². The second kappa shape index (κ2) is 5.59. The average Bonchev–Trinajstić information content (AvgIpc) is 2.22. The van der Waals surface area contributed by atoms with Crippen molar-refractivity contribution in [1.82, 2.24) is 9.80 Å². The maximum Gasteiger partial charge on any atom is 0.323 e. The summed E-state index contributed by atoms with van der Waals surface area (Å²) in [5, 5.41) is 8.94. The Kier molecular flexibility index (Phi) is 4.68. The Balaban J connectivity index is 2.93. The Bertz CT molecular complexity index is 494. The number of carbonyl (C=O) groups is 2. The lowest BCUT2D eigenvalue weighted by atomic mass is 10.1. The van der Waals surface area contributed by atoms with E-state index in [9.17, 15) is 18.0 Å². The predicted molar refractivity (Wildman–Crippen MR) is 74.3 cm³/mol. The van der Waals surface area contributed by atoms with E-state index in [0.29, 0.717) is 0 Å². The van der Waals surface area contributed by atoms with Crippen LogP contribution in [0.3, 0.4) is 0 Å². The molecule has 1 heterocycles. The fourth-order valence-corrected chi connectivity index (χ4v) is 3.72. The molecule has 0 aliphatic carbocycles. The van der Waals surface area contributed by atoms with Crippen molar-refractivity contribution in [3.8, 4) is 0 Å². The van der Waals surface area contributed by atoms with Crippen LogP contribution < -0.4 is 0 Å². The first kappa shape index (κ1) is 16.7. The summed E-state index contributed by atoms with van der Waals surface area (Å²) < 4.78 is 23.1. The quantitative estimate of drug-likeness (QED) is 0.797. The average molecular weight is 306 g/mol. The van der Waals surface area contributed by atoms with Crippen LogP contribution in [0.1, 0.15) is 27.7 Å². The Morgan fingerprint density at radius 2 is 1.90 bits per heavy atom. The van der Waals surface area contributed by atoms with Crippen LogP contribution in [0.25, 0.3) is 0 Å². The maximum atomic E-state index is 12.5. The molecule has 0 saturated carbocycles. The zero-order chi connectivity index (χ0) is 15.7. The summed E-state index contributed by atoms with van der Waals surface area (Å²) in [7, 11) is -3.11. The summed E-state index contributed by atoms with van der Waals surface area (Å²) in [5.74, 6) is -1.25. The van der Waals surface area contributed by atoms with Crippen molar-refractivity contribution in [2.45, 2.75) is 39.3 Å². The van der Waals surface area contributed by atoms with Crippen molar-refractivity contribution in [3.63, 3.8) is 0 Å². The third-order valence-corrected chi connectivity index (χ3v) is 5.04. The summed E-state index contributed by atoms with van der Waals surface area (Å²) in [5.41, 5.74) is -0.647. The van der Waals surface area contributed by atoms with Gasteiger partial charge in [-0.05, 0) is 27.7 Å². The SMILES string of the molecule is CC1CS(=O)(=O)CCN1C(=O)N(CC(=O)O)C(C)(C)C. The van der Waals surface area contributed by atoms with Crippen molar-refractivity contribution in [3.05, 3.63) is 0 Å². The van der Waals surface area contributed by atoms with Gasteiger partial charge < -0.3 is 14.9 Å². The fraction of sp³-hybridized carbons (Fsp3) is 0.833. The zero-order valence-electron chi connectivity index (χ0n) is 12.3. The van der Waals surface area contributed by atoms with Crippen molar-refractivity contribution in [2.24, 2.45) is 0 Å². The third-order valence-electron chi connectivity index (χ3n) is 3.25. The van der Waals surface area contributed by atoms with Gasteiger partial charge in [-0.1, -0.05) is 0 Å². The molecule has 0 aromatic carbocycles. The number of carbonyl (C=O) groups excluding carboxylic acids is 1. The van der Waals surface area contributed by atoms with Gasteiger partial charge in [0.2, 0.25) is 0 Å². The second-order valence-corrected chi connectivity index (χ2v) is 8.32. The molecule has 20 heavy (non-hydrogen) atoms. The molecule has 1 aliphatic heterocycles. The first-order valence-corrected chi connectivity index (χ1v) is 8.26. The van der Waals surface area contributed by atoms with Crippen molar-refractivity contribution >= 4 is 21.8 Å². The Hall–Kier alpha value is -1.31. The van der Waals surface area contributed by atoms with E-state index in [0.717, 1.165) is 0 Å². The van der Waals surface area contributed by atoms with E-state index in [1.54, 1.807) is 27.7 Å². The molecular formula is C12H22N2O5S. The third kappa shape index (κ3) is 4.09. The summed E-state index contributed by atoms with van der Waals surface area (Å²) in [6.45, 7) is 6.61. The number of aliphatic carboxylic acids is 1. The normalized spacial score (nSPS) is 22.4. The Morgan fingerprint density at radius 3 is 2.30 bits per heavy atom. The van der Waals surface area contributed by atoms with E-state index in [1.165, 1.54) is 9.80 Å². The molecule has 1 fully saturated rings. The summed E-state index contributed by atoms with van der Waals surface area (Å²) in [6.07, 6.45) is 0. The van der Waals surface area contributed by atoms with Gasteiger partial charge in [0.25, 0.3) is 0 Å². The van der Waals surface area contributed by atoms with Gasteiger partial charge in [-0.2, -0.15) is 0 Å². The molecule has 1 atom stereocenters. The molecule has 0 bridgehead atoms. The van der Waals surface area contributed by atoms with Gasteiger partial charge in [0, 0.05) is 18.1 Å². The van der Waals surface area contributed by atoms with Gasteiger partial charge in [0.1, 0.15) is 6.54 Å². The van der Waals surface area contributed by atoms with Crippen LogP contribution in [0, 0.1) is 0 Å². The van der Waals surface area contributed by atoms with Gasteiger partial charge in [0.15, 0.2) is 9.84 Å². The van der Waals surface area contributed by atoms with Crippen LogP contribution in [-0.2, 0) is 14.6 Å². The van der Waals surface area contributed by atoms with Crippen molar-refractivity contribution in [1.29, 1.82) is 0 Å². The molecule has 1 aliphatic rings. The van der Waals surface area contributed by atoms with Crippen molar-refractivity contribution < 1.29 is 23.1 Å². The molecule has 1 saturated heterocycles. The molecule has 0 aromatic heterocycles. The van der Waals surface area contributed by atoms with Gasteiger partial charge in [0.05, 0.1) is 11.5 Å². The minimum Gasteiger partial charge on any atom is -0.480 e. The molecule has 8 heteroatoms.